The van der Waals surface area contributed by atoms with Gasteiger partial charge >= 0.3 is 0 Å². The third-order valence-corrected chi connectivity index (χ3v) is 2.45. The maximum absolute atomic E-state index is 13.4. The van der Waals surface area contributed by atoms with Gasteiger partial charge < -0.3 is 0 Å². The second-order valence-electron chi connectivity index (χ2n) is 3.68. The van der Waals surface area contributed by atoms with Crippen LogP contribution >= 0.6 is 0 Å². The Balaban J connectivity index is 2.56. The Morgan fingerprint density at radius 2 is 1.37 bits per heavy atom. The predicted octanol–water partition coefficient (Wildman–Crippen LogP) is 3.61. The van der Waals surface area contributed by atoms with Crippen molar-refractivity contribution in [2.24, 2.45) is 0 Å². The van der Waals surface area contributed by atoms with Crippen LogP contribution in [-0.4, -0.2) is 5.78 Å². The molecule has 0 aliphatic heterocycles. The molecule has 1 nitrogen and oxygen atoms in total. The van der Waals surface area contributed by atoms with E-state index < -0.39 is 46.0 Å². The van der Waals surface area contributed by atoms with Gasteiger partial charge in [-0.15, -0.1) is 0 Å². The van der Waals surface area contributed by atoms with Crippen LogP contribution in [0.15, 0.2) is 30.3 Å². The molecule has 2 rings (SSSR count). The van der Waals surface area contributed by atoms with Gasteiger partial charge in [-0.1, -0.05) is 0 Å². The number of benzene rings is 2. The van der Waals surface area contributed by atoms with Crippen LogP contribution in [-0.2, 0) is 0 Å². The van der Waals surface area contributed by atoms with Crippen molar-refractivity contribution in [3.8, 4) is 0 Å². The molecule has 0 saturated carbocycles. The largest absolute Gasteiger partial charge is 0.288 e. The molecule has 0 saturated heterocycles. The molecule has 0 radical (unpaired) electrons. The Hall–Kier alpha value is -2.24. The van der Waals surface area contributed by atoms with Gasteiger partial charge in [-0.2, -0.15) is 0 Å². The van der Waals surface area contributed by atoms with Crippen molar-refractivity contribution in [2.45, 2.75) is 0 Å². The summed E-state index contributed by atoms with van der Waals surface area (Å²) in [5.74, 6) is -8.33. The molecule has 0 spiro atoms. The highest BCUT2D eigenvalue weighted by molar-refractivity contribution is 6.09. The lowest BCUT2D eigenvalue weighted by Crippen LogP contribution is -2.09. The van der Waals surface area contributed by atoms with E-state index in [9.17, 15) is 26.7 Å². The number of carbonyl (C=O) groups is 1. The van der Waals surface area contributed by atoms with Crippen LogP contribution in [0.4, 0.5) is 22.0 Å². The summed E-state index contributed by atoms with van der Waals surface area (Å²) in [5, 5.41) is 0. The van der Waals surface area contributed by atoms with Crippen molar-refractivity contribution in [2.75, 3.05) is 0 Å². The van der Waals surface area contributed by atoms with E-state index in [1.165, 1.54) is 0 Å². The van der Waals surface area contributed by atoms with E-state index >= 15 is 0 Å². The molecule has 0 N–H and O–H groups in total. The van der Waals surface area contributed by atoms with E-state index in [0.717, 1.165) is 6.07 Å². The molecule has 0 heterocycles. The standard InChI is InChI=1S/C13H5F5O/c14-6-1-3-9(15)8(5-6)13(19)7-2-4-10(16)12(18)11(7)17/h1-5H. The molecule has 0 aromatic heterocycles. The van der Waals surface area contributed by atoms with Gasteiger partial charge in [0, 0.05) is 0 Å². The number of carbonyl (C=O) groups excluding carboxylic acids is 1. The van der Waals surface area contributed by atoms with E-state index in [2.05, 4.69) is 0 Å². The van der Waals surface area contributed by atoms with Gasteiger partial charge in [0.2, 0.25) is 0 Å². The van der Waals surface area contributed by atoms with Crippen LogP contribution < -0.4 is 0 Å². The van der Waals surface area contributed by atoms with Gasteiger partial charge in [-0.05, 0) is 30.3 Å². The average Bonchev–Trinajstić information content (AvgIpc) is 2.38. The van der Waals surface area contributed by atoms with Crippen molar-refractivity contribution in [1.29, 1.82) is 0 Å². The van der Waals surface area contributed by atoms with Gasteiger partial charge in [-0.25, -0.2) is 22.0 Å². The summed E-state index contributed by atoms with van der Waals surface area (Å²) in [6, 6.07) is 3.20. The van der Waals surface area contributed by atoms with Gasteiger partial charge in [0.25, 0.3) is 0 Å². The van der Waals surface area contributed by atoms with Crippen molar-refractivity contribution < 1.29 is 26.7 Å². The Labute approximate surface area is 104 Å². The molecule has 19 heavy (non-hydrogen) atoms. The highest BCUT2D eigenvalue weighted by Crippen LogP contribution is 2.20. The van der Waals surface area contributed by atoms with Crippen LogP contribution in [0.25, 0.3) is 0 Å². The summed E-state index contributed by atoms with van der Waals surface area (Å²) < 4.78 is 65.3. The van der Waals surface area contributed by atoms with Crippen LogP contribution in [0, 0.1) is 29.1 Å². The van der Waals surface area contributed by atoms with Crippen molar-refractivity contribution in [3.63, 3.8) is 0 Å². The summed E-state index contributed by atoms with van der Waals surface area (Å²) in [4.78, 5) is 11.8. The van der Waals surface area contributed by atoms with Crippen molar-refractivity contribution >= 4 is 5.78 Å². The highest BCUT2D eigenvalue weighted by Gasteiger charge is 2.22. The molecule has 2 aromatic rings. The van der Waals surface area contributed by atoms with Crippen LogP contribution in [0.2, 0.25) is 0 Å². The Bertz CT molecular complexity index is 666. The lowest BCUT2D eigenvalue weighted by Gasteiger charge is -2.05. The van der Waals surface area contributed by atoms with Crippen molar-refractivity contribution in [3.05, 3.63) is 70.5 Å². The van der Waals surface area contributed by atoms with Gasteiger partial charge in [0.1, 0.15) is 11.6 Å². The zero-order valence-electron chi connectivity index (χ0n) is 9.18. The second-order valence-corrected chi connectivity index (χ2v) is 3.68. The van der Waals surface area contributed by atoms with Crippen molar-refractivity contribution in [1.82, 2.24) is 0 Å². The molecule has 0 atom stereocenters. The number of rotatable bonds is 2. The minimum atomic E-state index is -1.84. The van der Waals surface area contributed by atoms with Crippen LogP contribution in [0.1, 0.15) is 15.9 Å². The number of ketones is 1. The van der Waals surface area contributed by atoms with Gasteiger partial charge in [0.05, 0.1) is 11.1 Å². The van der Waals surface area contributed by atoms with Crippen LogP contribution in [0.3, 0.4) is 0 Å². The fraction of sp³-hybridized carbons (Fsp3) is 0. The zero-order valence-corrected chi connectivity index (χ0v) is 9.18. The zero-order chi connectivity index (χ0) is 14.2. The molecule has 0 aliphatic rings. The molecule has 0 aliphatic carbocycles. The fourth-order valence-electron chi connectivity index (χ4n) is 1.52. The van der Waals surface area contributed by atoms with E-state index in [4.69, 9.17) is 0 Å². The minimum absolute atomic E-state index is 0.531. The van der Waals surface area contributed by atoms with E-state index in [1.807, 2.05) is 0 Å². The molecule has 2 aromatic carbocycles. The number of hydrogen-bond acceptors (Lipinski definition) is 1. The van der Waals surface area contributed by atoms with E-state index in [1.54, 1.807) is 0 Å². The van der Waals surface area contributed by atoms with Gasteiger partial charge in [-0.3, -0.25) is 4.79 Å². The molecule has 0 unspecified atom stereocenters. The number of halogens is 5. The third-order valence-electron chi connectivity index (χ3n) is 2.45. The molecular weight excluding hydrogens is 267 g/mol. The van der Waals surface area contributed by atoms with E-state index in [0.29, 0.717) is 24.3 Å². The molecule has 6 heteroatoms. The Morgan fingerprint density at radius 1 is 0.737 bits per heavy atom. The first-order chi connectivity index (χ1) is 8.91. The summed E-state index contributed by atoms with van der Waals surface area (Å²) in [6.45, 7) is 0. The summed E-state index contributed by atoms with van der Waals surface area (Å²) >= 11 is 0. The molecule has 0 amide bonds. The highest BCUT2D eigenvalue weighted by atomic mass is 19.2. The first-order valence-electron chi connectivity index (χ1n) is 5.05. The Kier molecular flexibility index (Phi) is 3.33. The minimum Gasteiger partial charge on any atom is -0.288 e. The molecule has 98 valence electrons. The first-order valence-corrected chi connectivity index (χ1v) is 5.05. The maximum Gasteiger partial charge on any atom is 0.199 e. The SMILES string of the molecule is O=C(c1cc(F)ccc1F)c1ccc(F)c(F)c1F. The fourth-order valence-corrected chi connectivity index (χ4v) is 1.52. The molecule has 0 fully saturated rings. The summed E-state index contributed by atoms with van der Waals surface area (Å²) in [6.07, 6.45) is 0. The quantitative estimate of drug-likeness (QED) is 0.463. The first kappa shape index (κ1) is 13.2. The topological polar surface area (TPSA) is 17.1 Å². The lowest BCUT2D eigenvalue weighted by molar-refractivity contribution is 0.102. The normalized spacial score (nSPS) is 10.6. The summed E-state index contributed by atoms with van der Waals surface area (Å²) in [7, 11) is 0. The van der Waals surface area contributed by atoms with E-state index in [-0.39, 0.29) is 0 Å². The van der Waals surface area contributed by atoms with Gasteiger partial charge in [0.15, 0.2) is 23.2 Å². The lowest BCUT2D eigenvalue weighted by atomic mass is 10.0. The monoisotopic (exact) mass is 272 g/mol. The molecule has 0 bridgehead atoms. The predicted molar refractivity (Wildman–Crippen MR) is 56.1 cm³/mol. The average molecular weight is 272 g/mol. The molecular formula is C13H5F5O. The summed E-state index contributed by atoms with van der Waals surface area (Å²) in [5.41, 5.74) is -1.63. The third kappa shape index (κ3) is 2.33. The van der Waals surface area contributed by atoms with Crippen LogP contribution in [0.5, 0.6) is 0 Å². The second kappa shape index (κ2) is 4.79. The smallest absolute Gasteiger partial charge is 0.199 e. The maximum atomic E-state index is 13.4. The number of hydrogen-bond donors (Lipinski definition) is 0. The Morgan fingerprint density at radius 3 is 2.05 bits per heavy atom.